The summed E-state index contributed by atoms with van der Waals surface area (Å²) in [5.41, 5.74) is 2.58. The van der Waals surface area contributed by atoms with E-state index in [1.54, 1.807) is 18.2 Å². The molecule has 3 N–H and O–H groups in total. The van der Waals surface area contributed by atoms with E-state index in [1.165, 1.54) is 17.3 Å². The fourth-order valence-corrected chi connectivity index (χ4v) is 1.62. The molecule has 0 saturated carbocycles. The van der Waals surface area contributed by atoms with Gasteiger partial charge >= 0.3 is 5.97 Å². The van der Waals surface area contributed by atoms with Gasteiger partial charge in [-0.15, -0.1) is 11.8 Å². The lowest BCUT2D eigenvalue weighted by atomic mass is 10.1. The topological polar surface area (TPSA) is 75.7 Å². The summed E-state index contributed by atoms with van der Waals surface area (Å²) in [4.78, 5) is 10.8. The van der Waals surface area contributed by atoms with E-state index in [2.05, 4.69) is 5.10 Å². The van der Waals surface area contributed by atoms with Gasteiger partial charge in [0.2, 0.25) is 0 Å². The number of benzene rings is 1. The standard InChI is InChI=1S/C9H10N2O2S/c10-11-6-14-5-7-3-1-2-4-8(7)9(12)13/h1-4,6H,5,10H2,(H,12,13). The van der Waals surface area contributed by atoms with E-state index >= 15 is 0 Å². The van der Waals surface area contributed by atoms with Crippen molar-refractivity contribution in [2.24, 2.45) is 10.9 Å². The van der Waals surface area contributed by atoms with E-state index in [1.807, 2.05) is 6.07 Å². The molecule has 1 aromatic rings. The molecular formula is C9H10N2O2S. The van der Waals surface area contributed by atoms with E-state index in [-0.39, 0.29) is 0 Å². The van der Waals surface area contributed by atoms with Gasteiger partial charge in [0.1, 0.15) is 0 Å². The first-order valence-electron chi connectivity index (χ1n) is 3.90. The van der Waals surface area contributed by atoms with Gasteiger partial charge in [-0.3, -0.25) is 0 Å². The third-order valence-corrected chi connectivity index (χ3v) is 2.37. The van der Waals surface area contributed by atoms with Gasteiger partial charge in [-0.2, -0.15) is 5.10 Å². The van der Waals surface area contributed by atoms with Crippen LogP contribution in [0.2, 0.25) is 0 Å². The van der Waals surface area contributed by atoms with E-state index in [4.69, 9.17) is 10.9 Å². The Balaban J connectivity index is 2.79. The van der Waals surface area contributed by atoms with Crippen LogP contribution in [0.3, 0.4) is 0 Å². The smallest absolute Gasteiger partial charge is 0.335 e. The molecule has 0 aromatic heterocycles. The highest BCUT2D eigenvalue weighted by molar-refractivity contribution is 8.11. The van der Waals surface area contributed by atoms with E-state index in [9.17, 15) is 4.79 Å². The number of aromatic carboxylic acids is 1. The van der Waals surface area contributed by atoms with Crippen molar-refractivity contribution >= 4 is 23.3 Å². The van der Waals surface area contributed by atoms with E-state index in [0.29, 0.717) is 11.3 Å². The molecule has 1 aromatic carbocycles. The first kappa shape index (κ1) is 10.6. The van der Waals surface area contributed by atoms with Gasteiger partial charge in [0, 0.05) is 5.75 Å². The number of hydrogen-bond acceptors (Lipinski definition) is 4. The summed E-state index contributed by atoms with van der Waals surface area (Å²) < 4.78 is 0. The van der Waals surface area contributed by atoms with Gasteiger partial charge in [0.15, 0.2) is 0 Å². The molecule has 0 saturated heterocycles. The summed E-state index contributed by atoms with van der Waals surface area (Å²) in [6.45, 7) is 0. The minimum atomic E-state index is -0.911. The molecule has 0 spiro atoms. The minimum Gasteiger partial charge on any atom is -0.478 e. The Bertz CT molecular complexity index is 352. The second-order valence-electron chi connectivity index (χ2n) is 2.53. The summed E-state index contributed by atoms with van der Waals surface area (Å²) in [5, 5.41) is 12.2. The van der Waals surface area contributed by atoms with Crippen molar-refractivity contribution in [3.05, 3.63) is 35.4 Å². The molecule has 0 heterocycles. The van der Waals surface area contributed by atoms with Crippen molar-refractivity contribution in [2.45, 2.75) is 5.75 Å². The van der Waals surface area contributed by atoms with Crippen molar-refractivity contribution in [3.63, 3.8) is 0 Å². The zero-order valence-electron chi connectivity index (χ0n) is 7.38. The predicted octanol–water partition coefficient (Wildman–Crippen LogP) is 1.52. The maximum Gasteiger partial charge on any atom is 0.335 e. The molecule has 0 unspecified atom stereocenters. The molecule has 0 aliphatic carbocycles. The lowest BCUT2D eigenvalue weighted by Gasteiger charge is -2.02. The van der Waals surface area contributed by atoms with Crippen LogP contribution in [0.15, 0.2) is 29.4 Å². The molecule has 74 valence electrons. The van der Waals surface area contributed by atoms with Gasteiger partial charge in [-0.1, -0.05) is 18.2 Å². The monoisotopic (exact) mass is 210 g/mol. The highest BCUT2D eigenvalue weighted by Gasteiger charge is 2.07. The van der Waals surface area contributed by atoms with Crippen LogP contribution in [0.5, 0.6) is 0 Å². The number of thioether (sulfide) groups is 1. The van der Waals surface area contributed by atoms with Crippen LogP contribution in [-0.2, 0) is 5.75 Å². The number of nitrogens with zero attached hydrogens (tertiary/aromatic N) is 1. The van der Waals surface area contributed by atoms with Crippen molar-refractivity contribution in [2.75, 3.05) is 0 Å². The molecule has 0 amide bonds. The molecule has 4 nitrogen and oxygen atoms in total. The molecule has 0 aliphatic rings. The molecule has 0 radical (unpaired) electrons. The molecular weight excluding hydrogens is 200 g/mol. The van der Waals surface area contributed by atoms with Crippen LogP contribution in [0.1, 0.15) is 15.9 Å². The first-order valence-corrected chi connectivity index (χ1v) is 4.95. The Morgan fingerprint density at radius 2 is 2.29 bits per heavy atom. The predicted molar refractivity (Wildman–Crippen MR) is 57.4 cm³/mol. The number of hydrazone groups is 1. The summed E-state index contributed by atoms with van der Waals surface area (Å²) in [7, 11) is 0. The third kappa shape index (κ3) is 2.77. The Morgan fingerprint density at radius 1 is 1.57 bits per heavy atom. The molecule has 0 bridgehead atoms. The number of carboxylic acid groups (broad SMARTS) is 1. The lowest BCUT2D eigenvalue weighted by Crippen LogP contribution is -2.00. The zero-order valence-corrected chi connectivity index (χ0v) is 8.20. The maximum atomic E-state index is 10.8. The largest absolute Gasteiger partial charge is 0.478 e. The number of hydrogen-bond donors (Lipinski definition) is 2. The normalized spacial score (nSPS) is 10.6. The summed E-state index contributed by atoms with van der Waals surface area (Å²) in [5.74, 6) is 4.57. The van der Waals surface area contributed by atoms with Crippen LogP contribution < -0.4 is 5.84 Å². The molecule has 0 fully saturated rings. The second-order valence-corrected chi connectivity index (χ2v) is 3.36. The average molecular weight is 210 g/mol. The fourth-order valence-electron chi connectivity index (χ4n) is 1.02. The maximum absolute atomic E-state index is 10.8. The third-order valence-electron chi connectivity index (χ3n) is 1.62. The van der Waals surface area contributed by atoms with Gasteiger partial charge in [0.25, 0.3) is 0 Å². The minimum absolute atomic E-state index is 0.324. The van der Waals surface area contributed by atoms with Crippen LogP contribution >= 0.6 is 11.8 Å². The van der Waals surface area contributed by atoms with Crippen LogP contribution in [0.4, 0.5) is 0 Å². The van der Waals surface area contributed by atoms with Gasteiger partial charge in [0.05, 0.1) is 11.1 Å². The molecule has 0 aliphatic heterocycles. The van der Waals surface area contributed by atoms with Gasteiger partial charge in [-0.05, 0) is 11.6 Å². The second kappa shape index (κ2) is 5.29. The molecule has 5 heteroatoms. The Morgan fingerprint density at radius 3 is 2.93 bits per heavy atom. The van der Waals surface area contributed by atoms with Gasteiger partial charge < -0.3 is 10.9 Å². The Labute approximate surface area is 85.8 Å². The first-order chi connectivity index (χ1) is 6.75. The number of carbonyl (C=O) groups is 1. The van der Waals surface area contributed by atoms with E-state index in [0.717, 1.165) is 5.56 Å². The van der Waals surface area contributed by atoms with Crippen LogP contribution in [-0.4, -0.2) is 16.6 Å². The highest BCUT2D eigenvalue weighted by Crippen LogP contribution is 2.14. The van der Waals surface area contributed by atoms with Crippen molar-refractivity contribution < 1.29 is 9.90 Å². The molecule has 1 rings (SSSR count). The number of rotatable bonds is 4. The van der Waals surface area contributed by atoms with Crippen molar-refractivity contribution in [3.8, 4) is 0 Å². The lowest BCUT2D eigenvalue weighted by molar-refractivity contribution is 0.0696. The Hall–Kier alpha value is -1.49. The van der Waals surface area contributed by atoms with Crippen molar-refractivity contribution in [1.29, 1.82) is 0 Å². The number of nitrogens with two attached hydrogens (primary N) is 1. The molecule has 0 atom stereocenters. The fraction of sp³-hybridized carbons (Fsp3) is 0.111. The van der Waals surface area contributed by atoms with E-state index < -0.39 is 5.97 Å². The zero-order chi connectivity index (χ0) is 10.4. The average Bonchev–Trinajstić information content (AvgIpc) is 2.19. The van der Waals surface area contributed by atoms with Gasteiger partial charge in [-0.25, -0.2) is 4.79 Å². The van der Waals surface area contributed by atoms with Crippen molar-refractivity contribution in [1.82, 2.24) is 0 Å². The summed E-state index contributed by atoms with van der Waals surface area (Å²) in [6, 6.07) is 6.87. The number of carboxylic acids is 1. The SMILES string of the molecule is NN=CSCc1ccccc1C(=O)O. The molecule has 14 heavy (non-hydrogen) atoms. The summed E-state index contributed by atoms with van der Waals surface area (Å²) >= 11 is 1.36. The van der Waals surface area contributed by atoms with Crippen LogP contribution in [0, 0.1) is 0 Å². The van der Waals surface area contributed by atoms with Crippen LogP contribution in [0.25, 0.3) is 0 Å². The summed E-state index contributed by atoms with van der Waals surface area (Å²) in [6.07, 6.45) is 0. The quantitative estimate of drug-likeness (QED) is 0.342. The highest BCUT2D eigenvalue weighted by atomic mass is 32.2. The Kier molecular flexibility index (Phi) is 4.00.